The molecule has 3 heterocycles. The van der Waals surface area contributed by atoms with Crippen molar-refractivity contribution >= 4 is 5.91 Å². The molecule has 2 aliphatic heterocycles. The van der Waals surface area contributed by atoms with Crippen LogP contribution in [0, 0.1) is 11.8 Å². The minimum atomic E-state index is 0.0491. The van der Waals surface area contributed by atoms with Gasteiger partial charge in [0.15, 0.2) is 0 Å². The second kappa shape index (κ2) is 9.62. The van der Waals surface area contributed by atoms with Crippen molar-refractivity contribution in [3.63, 3.8) is 0 Å². The summed E-state index contributed by atoms with van der Waals surface area (Å²) in [6.45, 7) is 4.41. The number of methoxy groups -OCH3 is 1. The summed E-state index contributed by atoms with van der Waals surface area (Å²) in [6, 6.07) is 8.30. The molecule has 1 aromatic heterocycles. The van der Waals surface area contributed by atoms with Crippen molar-refractivity contribution in [3.05, 3.63) is 48.0 Å². The third-order valence-corrected chi connectivity index (χ3v) is 6.29. The fraction of sp³-hybridized carbons (Fsp3) is 0.565. The number of ether oxygens (including phenoxy) is 2. The topological polar surface area (TPSA) is 68.6 Å². The maximum Gasteiger partial charge on any atom is 0.222 e. The molecule has 1 amide bonds. The Morgan fingerprint density at radius 1 is 1.33 bits per heavy atom. The van der Waals surface area contributed by atoms with Gasteiger partial charge in [0, 0.05) is 45.2 Å². The van der Waals surface area contributed by atoms with E-state index in [-0.39, 0.29) is 12.0 Å². The zero-order valence-corrected chi connectivity index (χ0v) is 17.9. The lowest BCUT2D eigenvalue weighted by Crippen LogP contribution is -2.42. The number of aromatic nitrogens is 2. The van der Waals surface area contributed by atoms with Gasteiger partial charge in [0.2, 0.25) is 5.91 Å². The van der Waals surface area contributed by atoms with Crippen LogP contribution in [-0.4, -0.2) is 59.8 Å². The number of hydrogen-bond acceptors (Lipinski definition) is 5. The maximum absolute atomic E-state index is 12.4. The summed E-state index contributed by atoms with van der Waals surface area (Å²) in [5.41, 5.74) is 2.30. The highest BCUT2D eigenvalue weighted by Gasteiger charge is 2.41. The first-order valence-electron chi connectivity index (χ1n) is 10.8. The monoisotopic (exact) mass is 412 g/mol. The molecule has 0 bridgehead atoms. The van der Waals surface area contributed by atoms with E-state index in [0.29, 0.717) is 24.8 Å². The Bertz CT molecular complexity index is 835. The summed E-state index contributed by atoms with van der Waals surface area (Å²) in [6.07, 6.45) is 6.12. The molecule has 1 N–H and O–H groups in total. The third-order valence-electron chi connectivity index (χ3n) is 6.29. The largest absolute Gasteiger partial charge is 0.497 e. The number of benzene rings is 1. The molecule has 30 heavy (non-hydrogen) atoms. The number of carbonyl (C=O) groups excluding carboxylic acids is 1. The van der Waals surface area contributed by atoms with Crippen LogP contribution in [0.3, 0.4) is 0 Å². The minimum absolute atomic E-state index is 0.0491. The van der Waals surface area contributed by atoms with Gasteiger partial charge in [0.05, 0.1) is 38.3 Å². The average Bonchev–Trinajstić information content (AvgIpc) is 3.34. The molecule has 1 aromatic carbocycles. The number of carbonyl (C=O) groups is 1. The Morgan fingerprint density at radius 3 is 2.90 bits per heavy atom. The summed E-state index contributed by atoms with van der Waals surface area (Å²) < 4.78 is 13.2. The first-order chi connectivity index (χ1) is 14.6. The van der Waals surface area contributed by atoms with E-state index < -0.39 is 0 Å². The molecule has 0 spiro atoms. The van der Waals surface area contributed by atoms with E-state index in [2.05, 4.69) is 27.3 Å². The molecule has 0 aliphatic carbocycles. The molecule has 2 saturated heterocycles. The highest BCUT2D eigenvalue weighted by atomic mass is 16.5. The Morgan fingerprint density at radius 2 is 2.17 bits per heavy atom. The van der Waals surface area contributed by atoms with Crippen molar-refractivity contribution in [1.29, 1.82) is 0 Å². The lowest BCUT2D eigenvalue weighted by atomic mass is 9.83. The van der Waals surface area contributed by atoms with Gasteiger partial charge in [-0.2, -0.15) is 0 Å². The summed E-state index contributed by atoms with van der Waals surface area (Å²) >= 11 is 0. The molecule has 4 rings (SSSR count). The molecule has 7 nitrogen and oxygen atoms in total. The number of rotatable bonds is 8. The van der Waals surface area contributed by atoms with Gasteiger partial charge in [0.25, 0.3) is 0 Å². The van der Waals surface area contributed by atoms with Crippen molar-refractivity contribution in [1.82, 2.24) is 19.8 Å². The lowest BCUT2D eigenvalue weighted by Gasteiger charge is -2.35. The number of aryl methyl sites for hydroxylation is 1. The Hall–Kier alpha value is -2.38. The Balaban J connectivity index is 1.20. The summed E-state index contributed by atoms with van der Waals surface area (Å²) in [7, 11) is 3.64. The molecular formula is C23H32N4O3. The number of likely N-dealkylation sites (tertiary alicyclic amines) is 1. The molecule has 0 unspecified atom stereocenters. The molecule has 2 aromatic rings. The van der Waals surface area contributed by atoms with E-state index in [1.54, 1.807) is 13.4 Å². The molecule has 0 radical (unpaired) electrons. The lowest BCUT2D eigenvalue weighted by molar-refractivity contribution is -0.123. The average molecular weight is 413 g/mol. The van der Waals surface area contributed by atoms with Crippen LogP contribution in [0.15, 0.2) is 36.8 Å². The number of nitrogens with zero attached hydrogens (tertiary/aromatic N) is 3. The van der Waals surface area contributed by atoms with Crippen LogP contribution >= 0.6 is 0 Å². The first-order valence-corrected chi connectivity index (χ1v) is 10.8. The van der Waals surface area contributed by atoms with E-state index in [9.17, 15) is 4.79 Å². The van der Waals surface area contributed by atoms with Crippen molar-refractivity contribution in [2.75, 3.05) is 33.4 Å². The number of imidazole rings is 1. The number of amides is 1. The highest BCUT2D eigenvalue weighted by Crippen LogP contribution is 2.36. The summed E-state index contributed by atoms with van der Waals surface area (Å²) in [5.74, 6) is 1.97. The molecule has 0 saturated carbocycles. The SMILES string of the molecule is COc1ccc(CN2CC[C@@H]3[C@@H](CO[C@H]3CC(=O)NCCc3cn(C)cn3)C2)cc1. The van der Waals surface area contributed by atoms with E-state index in [1.807, 2.05) is 29.9 Å². The molecule has 2 aliphatic rings. The van der Waals surface area contributed by atoms with Crippen LogP contribution in [0.2, 0.25) is 0 Å². The molecule has 3 atom stereocenters. The van der Waals surface area contributed by atoms with Crippen molar-refractivity contribution in [2.24, 2.45) is 18.9 Å². The van der Waals surface area contributed by atoms with Gasteiger partial charge in [-0.1, -0.05) is 12.1 Å². The fourth-order valence-corrected chi connectivity index (χ4v) is 4.69. The van der Waals surface area contributed by atoms with Crippen molar-refractivity contribution < 1.29 is 14.3 Å². The van der Waals surface area contributed by atoms with Crippen LogP contribution < -0.4 is 10.1 Å². The summed E-state index contributed by atoms with van der Waals surface area (Å²) in [4.78, 5) is 19.2. The molecule has 7 heteroatoms. The fourth-order valence-electron chi connectivity index (χ4n) is 4.69. The van der Waals surface area contributed by atoms with Crippen LogP contribution in [-0.2, 0) is 29.5 Å². The van der Waals surface area contributed by atoms with Crippen LogP contribution in [0.25, 0.3) is 0 Å². The Kier molecular flexibility index (Phi) is 6.69. The molecule has 2 fully saturated rings. The van der Waals surface area contributed by atoms with Gasteiger partial charge < -0.3 is 19.4 Å². The molecule has 162 valence electrons. The van der Waals surface area contributed by atoms with Crippen LogP contribution in [0.5, 0.6) is 5.75 Å². The Labute approximate surface area is 178 Å². The second-order valence-electron chi connectivity index (χ2n) is 8.50. The second-order valence-corrected chi connectivity index (χ2v) is 8.50. The van der Waals surface area contributed by atoms with E-state index in [0.717, 1.165) is 50.5 Å². The number of piperidine rings is 1. The van der Waals surface area contributed by atoms with E-state index in [4.69, 9.17) is 9.47 Å². The van der Waals surface area contributed by atoms with Gasteiger partial charge in [0.1, 0.15) is 5.75 Å². The van der Waals surface area contributed by atoms with Gasteiger partial charge in [-0.25, -0.2) is 4.98 Å². The van der Waals surface area contributed by atoms with Gasteiger partial charge in [-0.05, 0) is 36.6 Å². The smallest absolute Gasteiger partial charge is 0.222 e. The predicted molar refractivity (Wildman–Crippen MR) is 114 cm³/mol. The van der Waals surface area contributed by atoms with E-state index >= 15 is 0 Å². The zero-order chi connectivity index (χ0) is 20.9. The van der Waals surface area contributed by atoms with Crippen LogP contribution in [0.1, 0.15) is 24.1 Å². The first kappa shape index (κ1) is 20.9. The highest BCUT2D eigenvalue weighted by molar-refractivity contribution is 5.76. The predicted octanol–water partition coefficient (Wildman–Crippen LogP) is 2.01. The van der Waals surface area contributed by atoms with Crippen LogP contribution in [0.4, 0.5) is 0 Å². The standard InChI is InChI=1S/C23H32N4O3/c1-26-14-19(25-16-26)7-9-24-23(28)11-22-21-8-10-27(13-18(21)15-30-22)12-17-3-5-20(29-2)6-4-17/h3-6,14,16,18,21-22H,7-13,15H2,1-2H3,(H,24,28)/t18-,21-,22+/m1/s1. The van der Waals surface area contributed by atoms with Crippen molar-refractivity contribution in [2.45, 2.75) is 31.9 Å². The summed E-state index contributed by atoms with van der Waals surface area (Å²) in [5, 5.41) is 3.02. The number of nitrogens with one attached hydrogen (secondary N) is 1. The van der Waals surface area contributed by atoms with Gasteiger partial charge in [-0.15, -0.1) is 0 Å². The zero-order valence-electron chi connectivity index (χ0n) is 17.9. The van der Waals surface area contributed by atoms with Gasteiger partial charge in [-0.3, -0.25) is 9.69 Å². The maximum atomic E-state index is 12.4. The number of fused-ring (bicyclic) bond motifs is 1. The van der Waals surface area contributed by atoms with E-state index in [1.165, 1.54) is 5.56 Å². The minimum Gasteiger partial charge on any atom is -0.497 e. The quantitative estimate of drug-likeness (QED) is 0.718. The van der Waals surface area contributed by atoms with Gasteiger partial charge >= 0.3 is 0 Å². The normalized spacial score (nSPS) is 23.9. The third kappa shape index (κ3) is 5.21. The molecular weight excluding hydrogens is 380 g/mol. The van der Waals surface area contributed by atoms with Crippen molar-refractivity contribution in [3.8, 4) is 5.75 Å². The number of hydrogen-bond donors (Lipinski definition) is 1.